The third-order valence-electron chi connectivity index (χ3n) is 4.78. The van der Waals surface area contributed by atoms with Crippen LogP contribution in [0, 0.1) is 17.8 Å². The summed E-state index contributed by atoms with van der Waals surface area (Å²) in [6, 6.07) is 0.101. The predicted molar refractivity (Wildman–Crippen MR) is 76.5 cm³/mol. The Labute approximate surface area is 116 Å². The molecule has 4 heteroatoms. The van der Waals surface area contributed by atoms with Crippen molar-refractivity contribution >= 4 is 11.8 Å². The summed E-state index contributed by atoms with van der Waals surface area (Å²) in [5.74, 6) is 0.962. The Morgan fingerprint density at radius 3 is 2.53 bits per heavy atom. The first kappa shape index (κ1) is 14.4. The molecule has 2 rings (SSSR count). The van der Waals surface area contributed by atoms with E-state index in [9.17, 15) is 4.79 Å². The summed E-state index contributed by atoms with van der Waals surface area (Å²) in [6.45, 7) is 14.2. The molecular formula is C15H26N2O2. The van der Waals surface area contributed by atoms with Crippen LogP contribution < -0.4 is 0 Å². The Bertz CT molecular complexity index is 403. The molecule has 1 saturated heterocycles. The molecule has 0 aromatic heterocycles. The van der Waals surface area contributed by atoms with Crippen molar-refractivity contribution in [1.82, 2.24) is 4.90 Å². The fraction of sp³-hybridized carbons (Fsp3) is 0.867. The minimum atomic E-state index is -0.420. The van der Waals surface area contributed by atoms with Crippen molar-refractivity contribution in [1.29, 1.82) is 0 Å². The molecule has 0 N–H and O–H groups in total. The van der Waals surface area contributed by atoms with Crippen LogP contribution in [0.15, 0.2) is 4.99 Å². The maximum absolute atomic E-state index is 12.2. The minimum Gasteiger partial charge on any atom is -0.441 e. The van der Waals surface area contributed by atoms with Crippen molar-refractivity contribution in [2.45, 2.75) is 53.2 Å². The Morgan fingerprint density at radius 1 is 1.37 bits per heavy atom. The number of fused-ring (bicyclic) bond motifs is 1. The highest BCUT2D eigenvalue weighted by molar-refractivity contribution is 5.90. The number of ether oxygens (including phenoxy) is 1. The fourth-order valence-electron chi connectivity index (χ4n) is 3.49. The maximum atomic E-state index is 12.2. The molecule has 0 unspecified atom stereocenters. The molecule has 2 aliphatic heterocycles. The molecule has 0 aromatic rings. The lowest BCUT2D eigenvalue weighted by molar-refractivity contribution is 0.00321. The van der Waals surface area contributed by atoms with Crippen molar-refractivity contribution in [2.24, 2.45) is 22.7 Å². The number of hydrogen-bond acceptors (Lipinski definition) is 3. The summed E-state index contributed by atoms with van der Waals surface area (Å²) < 4.78 is 5.74. The number of hydrogen-bond donors (Lipinski definition) is 0. The van der Waals surface area contributed by atoms with Gasteiger partial charge in [0.1, 0.15) is 5.60 Å². The molecule has 0 aliphatic carbocycles. The van der Waals surface area contributed by atoms with Crippen LogP contribution in [0.4, 0.5) is 4.79 Å². The molecule has 1 amide bonds. The summed E-state index contributed by atoms with van der Waals surface area (Å²) >= 11 is 0. The van der Waals surface area contributed by atoms with Crippen molar-refractivity contribution in [3.05, 3.63) is 0 Å². The first-order valence-electron chi connectivity index (χ1n) is 7.33. The molecule has 2 aliphatic rings. The zero-order chi connectivity index (χ0) is 14.4. The molecule has 1 fully saturated rings. The van der Waals surface area contributed by atoms with Crippen molar-refractivity contribution < 1.29 is 9.53 Å². The Balaban J connectivity index is 2.42. The third-order valence-corrected chi connectivity index (χ3v) is 4.78. The number of nitrogens with zero attached hydrogens (tertiary/aromatic N) is 2. The quantitative estimate of drug-likeness (QED) is 0.771. The predicted octanol–water partition coefficient (Wildman–Crippen LogP) is 2.97. The second-order valence-electron chi connectivity index (χ2n) is 6.59. The highest BCUT2D eigenvalue weighted by Gasteiger charge is 2.55. The molecule has 0 bridgehead atoms. The van der Waals surface area contributed by atoms with Crippen LogP contribution in [-0.2, 0) is 4.74 Å². The van der Waals surface area contributed by atoms with Gasteiger partial charge in [0.05, 0.1) is 12.6 Å². The average Bonchev–Trinajstić information content (AvgIpc) is 2.45. The van der Waals surface area contributed by atoms with Crippen molar-refractivity contribution in [2.75, 3.05) is 13.1 Å². The van der Waals surface area contributed by atoms with Crippen LogP contribution in [0.3, 0.4) is 0 Å². The van der Waals surface area contributed by atoms with Gasteiger partial charge >= 0.3 is 6.09 Å². The molecular weight excluding hydrogens is 240 g/mol. The Morgan fingerprint density at radius 2 is 2.00 bits per heavy atom. The van der Waals surface area contributed by atoms with Crippen LogP contribution in [-0.4, -0.2) is 41.4 Å². The van der Waals surface area contributed by atoms with Crippen LogP contribution in [0.2, 0.25) is 0 Å². The van der Waals surface area contributed by atoms with Gasteiger partial charge in [-0.2, -0.15) is 0 Å². The molecule has 108 valence electrons. The Hall–Kier alpha value is -1.06. The summed E-state index contributed by atoms with van der Waals surface area (Å²) in [7, 11) is 0. The maximum Gasteiger partial charge on any atom is 0.410 e. The van der Waals surface area contributed by atoms with Crippen LogP contribution in [0.1, 0.15) is 41.5 Å². The first-order chi connectivity index (χ1) is 8.79. The topological polar surface area (TPSA) is 41.9 Å². The summed E-state index contributed by atoms with van der Waals surface area (Å²) in [6.07, 6.45) is -0.173. The van der Waals surface area contributed by atoms with E-state index in [0.29, 0.717) is 24.9 Å². The number of amides is 1. The molecule has 0 aromatic carbocycles. The normalized spacial score (nSPS) is 35.3. The van der Waals surface area contributed by atoms with E-state index in [4.69, 9.17) is 9.73 Å². The zero-order valence-electron chi connectivity index (χ0n) is 12.9. The molecule has 0 spiro atoms. The standard InChI is InChI=1S/C15H26N2O2/c1-9(2)12-11(5)13-15(6,10(3)4)19-14(18)17(13)8-7-16-12/h9-11,13H,7-8H2,1-6H3/t11-,13-,15+/m0/s1. The molecule has 19 heavy (non-hydrogen) atoms. The van der Waals surface area contributed by atoms with E-state index in [1.54, 1.807) is 0 Å². The van der Waals surface area contributed by atoms with Gasteiger partial charge in [-0.05, 0) is 18.8 Å². The Kier molecular flexibility index (Phi) is 3.63. The van der Waals surface area contributed by atoms with Crippen molar-refractivity contribution in [3.8, 4) is 0 Å². The molecule has 0 saturated carbocycles. The number of carbonyl (C=O) groups excluding carboxylic acids is 1. The van der Waals surface area contributed by atoms with E-state index in [-0.39, 0.29) is 18.1 Å². The molecule has 3 atom stereocenters. The van der Waals surface area contributed by atoms with E-state index in [2.05, 4.69) is 41.5 Å². The van der Waals surface area contributed by atoms with Gasteiger partial charge in [-0.15, -0.1) is 0 Å². The van der Waals surface area contributed by atoms with Gasteiger partial charge in [-0.3, -0.25) is 9.89 Å². The lowest BCUT2D eigenvalue weighted by atomic mass is 9.76. The van der Waals surface area contributed by atoms with Gasteiger partial charge in [0, 0.05) is 18.2 Å². The third kappa shape index (κ3) is 2.15. The SMILES string of the molecule is CC(C)C1=NCCN2C(=O)O[C@](C)(C(C)C)[C@@H]2[C@H]1C. The fourth-order valence-corrected chi connectivity index (χ4v) is 3.49. The second kappa shape index (κ2) is 4.80. The molecule has 2 heterocycles. The van der Waals surface area contributed by atoms with E-state index >= 15 is 0 Å². The van der Waals surface area contributed by atoms with E-state index < -0.39 is 5.60 Å². The van der Waals surface area contributed by atoms with Crippen LogP contribution >= 0.6 is 0 Å². The smallest absolute Gasteiger partial charge is 0.410 e. The van der Waals surface area contributed by atoms with E-state index in [1.807, 2.05) is 4.90 Å². The molecule has 4 nitrogen and oxygen atoms in total. The number of carbonyl (C=O) groups is 1. The van der Waals surface area contributed by atoms with Gasteiger partial charge in [0.15, 0.2) is 0 Å². The zero-order valence-corrected chi connectivity index (χ0v) is 12.9. The number of rotatable bonds is 2. The number of cyclic esters (lactones) is 1. The summed E-state index contributed by atoms with van der Waals surface area (Å²) in [5.41, 5.74) is 0.800. The van der Waals surface area contributed by atoms with E-state index in [0.717, 1.165) is 0 Å². The van der Waals surface area contributed by atoms with Gasteiger partial charge in [0.25, 0.3) is 0 Å². The molecule has 0 radical (unpaired) electrons. The van der Waals surface area contributed by atoms with Gasteiger partial charge in [-0.25, -0.2) is 4.79 Å². The average molecular weight is 266 g/mol. The minimum absolute atomic E-state index is 0.101. The first-order valence-corrected chi connectivity index (χ1v) is 7.33. The lowest BCUT2D eigenvalue weighted by Crippen LogP contribution is -2.52. The van der Waals surface area contributed by atoms with Gasteiger partial charge in [-0.1, -0.05) is 34.6 Å². The highest BCUT2D eigenvalue weighted by Crippen LogP contribution is 2.41. The lowest BCUT2D eigenvalue weighted by Gasteiger charge is -2.38. The van der Waals surface area contributed by atoms with Gasteiger partial charge < -0.3 is 4.74 Å². The van der Waals surface area contributed by atoms with Crippen LogP contribution in [0.25, 0.3) is 0 Å². The highest BCUT2D eigenvalue weighted by atomic mass is 16.6. The van der Waals surface area contributed by atoms with E-state index in [1.165, 1.54) is 5.71 Å². The van der Waals surface area contributed by atoms with Gasteiger partial charge in [0.2, 0.25) is 0 Å². The van der Waals surface area contributed by atoms with Crippen molar-refractivity contribution in [3.63, 3.8) is 0 Å². The summed E-state index contributed by atoms with van der Waals surface area (Å²) in [5, 5.41) is 0. The number of aliphatic imine (C=N–C) groups is 1. The second-order valence-corrected chi connectivity index (χ2v) is 6.59. The largest absolute Gasteiger partial charge is 0.441 e. The monoisotopic (exact) mass is 266 g/mol. The summed E-state index contributed by atoms with van der Waals surface area (Å²) in [4.78, 5) is 18.8. The van der Waals surface area contributed by atoms with Crippen LogP contribution in [0.5, 0.6) is 0 Å².